The third-order valence-corrected chi connectivity index (χ3v) is 3.78. The van der Waals surface area contributed by atoms with Crippen LogP contribution in [0.2, 0.25) is 0 Å². The largest absolute Gasteiger partial charge is 0.497 e. The Kier molecular flexibility index (Phi) is 4.71. The third-order valence-electron chi connectivity index (χ3n) is 3.78. The number of carbonyl (C=O) groups is 3. The zero-order chi connectivity index (χ0) is 17.8. The number of pyridine rings is 1. The lowest BCUT2D eigenvalue weighted by Crippen LogP contribution is -2.48. The van der Waals surface area contributed by atoms with Crippen LogP contribution in [0.5, 0.6) is 5.75 Å². The number of nitrogens with zero attached hydrogens (tertiary/aromatic N) is 2. The number of methoxy groups -OCH3 is 1. The molecule has 3 amide bonds. The van der Waals surface area contributed by atoms with Crippen LogP contribution in [0.1, 0.15) is 16.8 Å². The molecule has 1 aliphatic rings. The van der Waals surface area contributed by atoms with E-state index >= 15 is 0 Å². The van der Waals surface area contributed by atoms with Gasteiger partial charge < -0.3 is 4.74 Å². The number of nitrogens with one attached hydrogen (secondary N) is 2. The Bertz CT molecular complexity index is 792. The van der Waals surface area contributed by atoms with Crippen molar-refractivity contribution in [3.8, 4) is 5.75 Å². The van der Waals surface area contributed by atoms with Gasteiger partial charge in [0.15, 0.2) is 0 Å². The molecule has 2 aromatic rings. The summed E-state index contributed by atoms with van der Waals surface area (Å²) in [7, 11) is 1.53. The van der Waals surface area contributed by atoms with Gasteiger partial charge in [0.05, 0.1) is 19.2 Å². The maximum Gasteiger partial charge on any atom is 0.265 e. The van der Waals surface area contributed by atoms with Crippen LogP contribution in [-0.4, -0.2) is 35.9 Å². The summed E-state index contributed by atoms with van der Waals surface area (Å²) in [6, 6.07) is 8.87. The Hall–Kier alpha value is -3.26. The van der Waals surface area contributed by atoms with Gasteiger partial charge in [-0.2, -0.15) is 0 Å². The predicted molar refractivity (Wildman–Crippen MR) is 88.7 cm³/mol. The van der Waals surface area contributed by atoms with Crippen LogP contribution in [0.25, 0.3) is 0 Å². The van der Waals surface area contributed by atoms with Crippen molar-refractivity contribution in [1.29, 1.82) is 0 Å². The van der Waals surface area contributed by atoms with E-state index in [-0.39, 0.29) is 12.3 Å². The topological polar surface area (TPSA) is 101 Å². The summed E-state index contributed by atoms with van der Waals surface area (Å²) >= 11 is 0. The second-order valence-electron chi connectivity index (χ2n) is 5.36. The third kappa shape index (κ3) is 3.48. The monoisotopic (exact) mass is 340 g/mol. The molecule has 1 fully saturated rings. The van der Waals surface area contributed by atoms with Crippen LogP contribution < -0.4 is 20.5 Å². The van der Waals surface area contributed by atoms with Crippen molar-refractivity contribution in [2.45, 2.75) is 12.5 Å². The second kappa shape index (κ2) is 7.10. The van der Waals surface area contributed by atoms with E-state index in [0.717, 1.165) is 4.90 Å². The van der Waals surface area contributed by atoms with E-state index in [2.05, 4.69) is 15.8 Å². The molecule has 3 rings (SSSR count). The molecule has 2 heterocycles. The van der Waals surface area contributed by atoms with Crippen molar-refractivity contribution in [2.24, 2.45) is 0 Å². The van der Waals surface area contributed by atoms with Gasteiger partial charge in [0.2, 0.25) is 5.91 Å². The first-order valence-corrected chi connectivity index (χ1v) is 7.57. The number of anilines is 1. The lowest BCUT2D eigenvalue weighted by molar-refractivity contribution is -0.121. The zero-order valence-electron chi connectivity index (χ0n) is 13.4. The quantitative estimate of drug-likeness (QED) is 0.612. The Morgan fingerprint density at radius 2 is 1.84 bits per heavy atom. The fraction of sp³-hybridized carbons (Fsp3) is 0.176. The molecule has 0 radical (unpaired) electrons. The number of hydrazine groups is 1. The highest BCUT2D eigenvalue weighted by molar-refractivity contribution is 6.22. The predicted octanol–water partition coefficient (Wildman–Crippen LogP) is 0.657. The highest BCUT2D eigenvalue weighted by atomic mass is 16.5. The van der Waals surface area contributed by atoms with Crippen LogP contribution >= 0.6 is 0 Å². The number of benzene rings is 1. The maximum absolute atomic E-state index is 12.5. The number of amides is 3. The minimum Gasteiger partial charge on any atom is -0.497 e. The van der Waals surface area contributed by atoms with Gasteiger partial charge in [0.1, 0.15) is 11.8 Å². The molecule has 8 nitrogen and oxygen atoms in total. The summed E-state index contributed by atoms with van der Waals surface area (Å²) in [6.45, 7) is 0. The lowest BCUT2D eigenvalue weighted by Gasteiger charge is -2.16. The van der Waals surface area contributed by atoms with Crippen LogP contribution in [0.15, 0.2) is 48.8 Å². The van der Waals surface area contributed by atoms with Crippen molar-refractivity contribution in [3.05, 3.63) is 54.4 Å². The van der Waals surface area contributed by atoms with E-state index in [4.69, 9.17) is 4.74 Å². The lowest BCUT2D eigenvalue weighted by atomic mass is 10.2. The fourth-order valence-electron chi connectivity index (χ4n) is 2.48. The summed E-state index contributed by atoms with van der Waals surface area (Å²) in [5.41, 5.74) is 5.92. The molecule has 1 aliphatic heterocycles. The van der Waals surface area contributed by atoms with Crippen LogP contribution in [0, 0.1) is 0 Å². The van der Waals surface area contributed by atoms with Crippen LogP contribution in [0.4, 0.5) is 5.69 Å². The molecule has 128 valence electrons. The molecule has 0 saturated carbocycles. The van der Waals surface area contributed by atoms with Crippen molar-refractivity contribution in [1.82, 2.24) is 15.8 Å². The molecular formula is C17H16N4O4. The van der Waals surface area contributed by atoms with Crippen LogP contribution in [-0.2, 0) is 9.59 Å². The first kappa shape index (κ1) is 16.6. The van der Waals surface area contributed by atoms with E-state index in [1.807, 2.05) is 0 Å². The molecule has 2 N–H and O–H groups in total. The van der Waals surface area contributed by atoms with Crippen molar-refractivity contribution in [2.75, 3.05) is 12.0 Å². The smallest absolute Gasteiger partial charge is 0.265 e. The molecule has 25 heavy (non-hydrogen) atoms. The van der Waals surface area contributed by atoms with E-state index < -0.39 is 17.9 Å². The van der Waals surface area contributed by atoms with Gasteiger partial charge in [0.25, 0.3) is 11.8 Å². The number of hydrogen-bond donors (Lipinski definition) is 2. The molecule has 0 unspecified atom stereocenters. The average Bonchev–Trinajstić information content (AvgIpc) is 2.94. The molecular weight excluding hydrogens is 324 g/mol. The van der Waals surface area contributed by atoms with E-state index in [1.54, 1.807) is 36.4 Å². The summed E-state index contributed by atoms with van der Waals surface area (Å²) in [5, 5.41) is 0. The van der Waals surface area contributed by atoms with Gasteiger partial charge in [-0.3, -0.25) is 24.8 Å². The number of rotatable bonds is 5. The molecule has 0 aliphatic carbocycles. The summed E-state index contributed by atoms with van der Waals surface area (Å²) in [5.74, 6) is -0.552. The van der Waals surface area contributed by atoms with Gasteiger partial charge >= 0.3 is 0 Å². The summed E-state index contributed by atoms with van der Waals surface area (Å²) < 4.78 is 5.06. The minimum absolute atomic E-state index is 0.0402. The maximum atomic E-state index is 12.5. The Morgan fingerprint density at radius 3 is 2.48 bits per heavy atom. The zero-order valence-corrected chi connectivity index (χ0v) is 13.4. The first-order chi connectivity index (χ1) is 12.1. The van der Waals surface area contributed by atoms with E-state index in [0.29, 0.717) is 17.0 Å². The Morgan fingerprint density at radius 1 is 1.16 bits per heavy atom. The molecule has 1 aromatic heterocycles. The normalized spacial score (nSPS) is 16.8. The number of hydrogen-bond acceptors (Lipinski definition) is 6. The fourth-order valence-corrected chi connectivity index (χ4v) is 2.48. The number of carbonyl (C=O) groups excluding carboxylic acids is 3. The summed E-state index contributed by atoms with van der Waals surface area (Å²) in [6.07, 6.45) is 2.94. The summed E-state index contributed by atoms with van der Waals surface area (Å²) in [4.78, 5) is 41.6. The Labute approximate surface area is 143 Å². The Balaban J connectivity index is 1.65. The number of ether oxygens (including phenoxy) is 1. The van der Waals surface area contributed by atoms with Gasteiger partial charge in [0, 0.05) is 18.0 Å². The standard InChI is InChI=1S/C17H16N4O4/c1-25-13-4-2-12(3-5-13)21-15(22)10-14(17(21)24)19-20-16(23)11-6-8-18-9-7-11/h2-9,14,19H,10H2,1H3,(H,20,23)/t14-/m1/s1. The molecule has 1 saturated heterocycles. The number of aromatic nitrogens is 1. The van der Waals surface area contributed by atoms with E-state index in [9.17, 15) is 14.4 Å². The molecule has 0 spiro atoms. The van der Waals surface area contributed by atoms with E-state index in [1.165, 1.54) is 19.5 Å². The molecule has 1 atom stereocenters. The SMILES string of the molecule is COc1ccc(N2C(=O)C[C@@H](NNC(=O)c3ccncc3)C2=O)cc1. The minimum atomic E-state index is -0.819. The highest BCUT2D eigenvalue weighted by Gasteiger charge is 2.39. The molecule has 0 bridgehead atoms. The molecule has 8 heteroatoms. The van der Waals surface area contributed by atoms with Gasteiger partial charge in [-0.05, 0) is 36.4 Å². The van der Waals surface area contributed by atoms with Crippen molar-refractivity contribution >= 4 is 23.4 Å². The first-order valence-electron chi connectivity index (χ1n) is 7.57. The van der Waals surface area contributed by atoms with Gasteiger partial charge in [-0.1, -0.05) is 0 Å². The van der Waals surface area contributed by atoms with Crippen molar-refractivity contribution < 1.29 is 19.1 Å². The number of imide groups is 1. The average molecular weight is 340 g/mol. The van der Waals surface area contributed by atoms with Crippen LogP contribution in [0.3, 0.4) is 0 Å². The second-order valence-corrected chi connectivity index (χ2v) is 5.36. The molecule has 1 aromatic carbocycles. The van der Waals surface area contributed by atoms with Crippen molar-refractivity contribution in [3.63, 3.8) is 0 Å². The highest BCUT2D eigenvalue weighted by Crippen LogP contribution is 2.24. The van der Waals surface area contributed by atoms with Gasteiger partial charge in [-0.25, -0.2) is 10.3 Å². The van der Waals surface area contributed by atoms with Gasteiger partial charge in [-0.15, -0.1) is 0 Å².